The Kier molecular flexibility index (Phi) is 8.69. The zero-order chi connectivity index (χ0) is 25.7. The van der Waals surface area contributed by atoms with Crippen LogP contribution in [0.1, 0.15) is 37.3 Å². The number of amides is 2. The third-order valence-corrected chi connectivity index (χ3v) is 7.16. The van der Waals surface area contributed by atoms with Crippen LogP contribution < -0.4 is 0 Å². The lowest BCUT2D eigenvalue weighted by Crippen LogP contribution is -2.51. The molecule has 3 rings (SSSR count). The van der Waals surface area contributed by atoms with Crippen molar-refractivity contribution in [3.05, 3.63) is 69.8 Å². The molecular formula is C26H31N3O5S. The summed E-state index contributed by atoms with van der Waals surface area (Å²) in [6.45, 7) is 4.64. The Balaban J connectivity index is 1.77. The van der Waals surface area contributed by atoms with Crippen LogP contribution in [-0.2, 0) is 9.59 Å². The second kappa shape index (κ2) is 11.5. The summed E-state index contributed by atoms with van der Waals surface area (Å²) in [6, 6.07) is 12.8. The molecular weight excluding hydrogens is 466 g/mol. The van der Waals surface area contributed by atoms with E-state index in [0.29, 0.717) is 23.4 Å². The van der Waals surface area contributed by atoms with Crippen LogP contribution >= 0.6 is 11.8 Å². The van der Waals surface area contributed by atoms with Crippen LogP contribution in [0.25, 0.3) is 6.08 Å². The molecule has 2 aromatic rings. The van der Waals surface area contributed by atoms with Gasteiger partial charge in [-0.1, -0.05) is 49.9 Å². The van der Waals surface area contributed by atoms with E-state index in [1.807, 2.05) is 24.3 Å². The topological polar surface area (TPSA) is 104 Å². The molecule has 35 heavy (non-hydrogen) atoms. The molecule has 2 atom stereocenters. The number of nitro groups is 1. The molecule has 1 heterocycles. The maximum Gasteiger partial charge on any atom is 0.283 e. The molecule has 1 fully saturated rings. The van der Waals surface area contributed by atoms with Gasteiger partial charge in [0.15, 0.2) is 0 Å². The van der Waals surface area contributed by atoms with Crippen LogP contribution in [0, 0.1) is 16.0 Å². The summed E-state index contributed by atoms with van der Waals surface area (Å²) in [5.74, 6) is -0.904. The molecule has 0 radical (unpaired) electrons. The smallest absolute Gasteiger partial charge is 0.283 e. The van der Waals surface area contributed by atoms with Gasteiger partial charge in [0.05, 0.1) is 21.8 Å². The zero-order valence-electron chi connectivity index (χ0n) is 20.4. The Hall–Kier alpha value is -3.17. The highest BCUT2D eigenvalue weighted by molar-refractivity contribution is 7.99. The number of aliphatic hydroxyl groups excluding tert-OH is 1. The van der Waals surface area contributed by atoms with Gasteiger partial charge in [0.1, 0.15) is 0 Å². The minimum Gasteiger partial charge on any atom is -0.392 e. The lowest BCUT2D eigenvalue weighted by molar-refractivity contribution is -0.387. The quantitative estimate of drug-likeness (QED) is 0.350. The predicted octanol–water partition coefficient (Wildman–Crippen LogP) is 4.18. The Bertz CT molecular complexity index is 1130. The van der Waals surface area contributed by atoms with Crippen molar-refractivity contribution in [2.24, 2.45) is 5.92 Å². The van der Waals surface area contributed by atoms with Crippen LogP contribution in [0.15, 0.2) is 58.3 Å². The van der Waals surface area contributed by atoms with Crippen molar-refractivity contribution in [3.63, 3.8) is 0 Å². The highest BCUT2D eigenvalue weighted by atomic mass is 32.2. The summed E-state index contributed by atoms with van der Waals surface area (Å²) in [7, 11) is 3.23. The van der Waals surface area contributed by atoms with E-state index in [9.17, 15) is 24.8 Å². The van der Waals surface area contributed by atoms with Gasteiger partial charge in [-0.05, 0) is 41.7 Å². The number of hydrogen-bond donors (Lipinski definition) is 1. The molecule has 2 unspecified atom stereocenters. The van der Waals surface area contributed by atoms with E-state index in [4.69, 9.17) is 0 Å². The molecule has 1 aliphatic heterocycles. The number of aliphatic hydroxyl groups is 1. The summed E-state index contributed by atoms with van der Waals surface area (Å²) in [4.78, 5) is 40.9. The fourth-order valence-corrected chi connectivity index (χ4v) is 5.20. The molecule has 1 N–H and O–H groups in total. The van der Waals surface area contributed by atoms with Gasteiger partial charge < -0.3 is 14.9 Å². The first-order valence-corrected chi connectivity index (χ1v) is 12.3. The van der Waals surface area contributed by atoms with E-state index in [2.05, 4.69) is 13.8 Å². The van der Waals surface area contributed by atoms with E-state index in [1.165, 1.54) is 33.7 Å². The SMILES string of the molecule is CC(C)c1ccccc1Sc1ccc(C=CC(=O)N2CCC(O)C(C(=O)N(C)C)C2)cc1[N+](=O)[O-]. The highest BCUT2D eigenvalue weighted by Gasteiger charge is 2.35. The minimum atomic E-state index is -0.786. The van der Waals surface area contributed by atoms with Gasteiger partial charge >= 0.3 is 0 Å². The predicted molar refractivity (Wildman–Crippen MR) is 136 cm³/mol. The first kappa shape index (κ1) is 26.4. The normalized spacial score (nSPS) is 18.2. The van der Waals surface area contributed by atoms with Crippen molar-refractivity contribution in [2.75, 3.05) is 27.2 Å². The Morgan fingerprint density at radius 3 is 2.57 bits per heavy atom. The third kappa shape index (κ3) is 6.49. The molecule has 2 amide bonds. The molecule has 9 heteroatoms. The number of piperidine rings is 1. The summed E-state index contributed by atoms with van der Waals surface area (Å²) >= 11 is 1.36. The zero-order valence-corrected chi connectivity index (χ0v) is 21.2. The molecule has 8 nitrogen and oxygen atoms in total. The molecule has 0 aromatic heterocycles. The molecule has 1 aliphatic rings. The van der Waals surface area contributed by atoms with E-state index in [1.54, 1.807) is 32.3 Å². The third-order valence-electron chi connectivity index (χ3n) is 6.00. The number of nitro benzene ring substituents is 1. The lowest BCUT2D eigenvalue weighted by Gasteiger charge is -2.36. The summed E-state index contributed by atoms with van der Waals surface area (Å²) < 4.78 is 0. The molecule has 0 saturated carbocycles. The standard InChI is InChI=1S/C26H31N3O5S/c1-17(2)19-7-5-6-8-23(19)35-24-11-9-18(15-21(24)29(33)34)10-12-25(31)28-14-13-22(30)20(16-28)26(32)27(3)4/h5-12,15,17,20,22,30H,13-14,16H2,1-4H3. The summed E-state index contributed by atoms with van der Waals surface area (Å²) in [6.07, 6.45) is 2.43. The Labute approximate surface area is 209 Å². The van der Waals surface area contributed by atoms with Gasteiger partial charge in [-0.3, -0.25) is 19.7 Å². The number of rotatable bonds is 7. The molecule has 0 bridgehead atoms. The number of carbonyl (C=O) groups is 2. The average Bonchev–Trinajstić information content (AvgIpc) is 2.83. The Morgan fingerprint density at radius 2 is 1.91 bits per heavy atom. The molecule has 1 saturated heterocycles. The van der Waals surface area contributed by atoms with Crippen LogP contribution in [0.5, 0.6) is 0 Å². The van der Waals surface area contributed by atoms with Gasteiger partial charge in [0, 0.05) is 44.2 Å². The van der Waals surface area contributed by atoms with E-state index >= 15 is 0 Å². The Morgan fingerprint density at radius 1 is 1.20 bits per heavy atom. The summed E-state index contributed by atoms with van der Waals surface area (Å²) in [5.41, 5.74) is 1.63. The van der Waals surface area contributed by atoms with E-state index < -0.39 is 16.9 Å². The average molecular weight is 498 g/mol. The van der Waals surface area contributed by atoms with Crippen LogP contribution in [0.4, 0.5) is 5.69 Å². The highest BCUT2D eigenvalue weighted by Crippen LogP contribution is 2.39. The molecule has 186 valence electrons. The fraction of sp³-hybridized carbons (Fsp3) is 0.385. The molecule has 0 aliphatic carbocycles. The van der Waals surface area contributed by atoms with Crippen LogP contribution in [0.3, 0.4) is 0 Å². The molecule has 0 spiro atoms. The van der Waals surface area contributed by atoms with Gasteiger partial charge in [0.2, 0.25) is 11.8 Å². The van der Waals surface area contributed by atoms with Crippen LogP contribution in [0.2, 0.25) is 0 Å². The second-order valence-corrected chi connectivity index (χ2v) is 10.2. The maximum atomic E-state index is 12.7. The molecule has 2 aromatic carbocycles. The van der Waals surface area contributed by atoms with Crippen molar-refractivity contribution < 1.29 is 19.6 Å². The van der Waals surface area contributed by atoms with Gasteiger partial charge in [0.25, 0.3) is 5.69 Å². The summed E-state index contributed by atoms with van der Waals surface area (Å²) in [5, 5.41) is 22.0. The van der Waals surface area contributed by atoms with Crippen LogP contribution in [-0.4, -0.2) is 64.9 Å². The van der Waals surface area contributed by atoms with Crippen molar-refractivity contribution in [3.8, 4) is 0 Å². The van der Waals surface area contributed by atoms with E-state index in [0.717, 1.165) is 10.5 Å². The van der Waals surface area contributed by atoms with Crippen molar-refractivity contribution in [1.82, 2.24) is 9.80 Å². The van der Waals surface area contributed by atoms with Crippen molar-refractivity contribution >= 4 is 35.3 Å². The minimum absolute atomic E-state index is 0.0269. The number of carbonyl (C=O) groups excluding carboxylic acids is 2. The van der Waals surface area contributed by atoms with Gasteiger partial charge in [-0.25, -0.2) is 0 Å². The lowest BCUT2D eigenvalue weighted by atomic mass is 9.93. The van der Waals surface area contributed by atoms with Gasteiger partial charge in [-0.2, -0.15) is 0 Å². The maximum absolute atomic E-state index is 12.7. The number of likely N-dealkylation sites (tertiary alicyclic amines) is 1. The van der Waals surface area contributed by atoms with E-state index in [-0.39, 0.29) is 30.0 Å². The first-order chi connectivity index (χ1) is 16.6. The van der Waals surface area contributed by atoms with Crippen molar-refractivity contribution in [2.45, 2.75) is 42.1 Å². The largest absolute Gasteiger partial charge is 0.392 e. The van der Waals surface area contributed by atoms with Crippen molar-refractivity contribution in [1.29, 1.82) is 0 Å². The number of hydrogen-bond acceptors (Lipinski definition) is 6. The fourth-order valence-electron chi connectivity index (χ4n) is 4.02. The monoisotopic (exact) mass is 497 g/mol. The number of benzene rings is 2. The van der Waals surface area contributed by atoms with Gasteiger partial charge in [-0.15, -0.1) is 0 Å². The first-order valence-electron chi connectivity index (χ1n) is 11.5. The second-order valence-electron chi connectivity index (χ2n) is 9.09. The number of nitrogens with zero attached hydrogens (tertiary/aromatic N) is 3.